The fourth-order valence-electron chi connectivity index (χ4n) is 11.8. The molecule has 6 unspecified atom stereocenters. The number of benzene rings is 1. The van der Waals surface area contributed by atoms with Crippen LogP contribution in [0.25, 0.3) is 0 Å². The van der Waals surface area contributed by atoms with Crippen molar-refractivity contribution in [3.8, 4) is 107 Å². The third kappa shape index (κ3) is 38.3. The lowest BCUT2D eigenvalue weighted by Crippen LogP contribution is -2.11. The van der Waals surface area contributed by atoms with Crippen molar-refractivity contribution in [3.05, 3.63) is 188 Å². The van der Waals surface area contributed by atoms with Crippen LogP contribution in [0.15, 0.2) is 122 Å². The van der Waals surface area contributed by atoms with Crippen molar-refractivity contribution < 1.29 is 28.4 Å². The zero-order valence-corrected chi connectivity index (χ0v) is 75.2. The van der Waals surface area contributed by atoms with E-state index < -0.39 is 0 Å². The SMILES string of the molecule is CC(C)=CCCC(C)CCOc1nc(C#Cc2c(C#Cc3cccs3)c(C#Cc3nc(OCCC(C)CCC=C(C)C)nc(OCCC(C)CCC=C(C)C)n3)c(C#Cc3cccs3)c(C#Cc3nc(OCCC(C)CCC=C(C)C)nc(OCCC(C)CCC=C(C)C)n3)c2C#Cc2cccs2)nc(OCCC(C)CCC=C(C)C)n1. The summed E-state index contributed by atoms with van der Waals surface area (Å²) < 4.78 is 38.7. The first-order chi connectivity index (χ1) is 56.4. The van der Waals surface area contributed by atoms with E-state index in [0.717, 1.165) is 130 Å². The minimum absolute atomic E-state index is 0.0871. The molecular formula is C99H123N9O6S3. The first-order valence-electron chi connectivity index (χ1n) is 41.7. The largest absolute Gasteiger partial charge is 0.463 e. The van der Waals surface area contributed by atoms with E-state index in [1.165, 1.54) is 67.4 Å². The highest BCUT2D eigenvalue weighted by Gasteiger charge is 2.23. The summed E-state index contributed by atoms with van der Waals surface area (Å²) in [6.07, 6.45) is 30.3. The van der Waals surface area contributed by atoms with Gasteiger partial charge < -0.3 is 28.4 Å². The molecule has 0 spiro atoms. The van der Waals surface area contributed by atoms with Gasteiger partial charge in [0.05, 0.1) is 87.7 Å². The van der Waals surface area contributed by atoms with E-state index in [9.17, 15) is 0 Å². The highest BCUT2D eigenvalue weighted by molar-refractivity contribution is 7.11. The van der Waals surface area contributed by atoms with Gasteiger partial charge in [0.25, 0.3) is 0 Å². The lowest BCUT2D eigenvalue weighted by molar-refractivity contribution is 0.234. The maximum absolute atomic E-state index is 6.45. The number of aromatic nitrogens is 9. The molecule has 0 aliphatic carbocycles. The number of ether oxygens (including phenoxy) is 6. The van der Waals surface area contributed by atoms with Crippen molar-refractivity contribution in [1.29, 1.82) is 0 Å². The molecule has 6 atom stereocenters. The summed E-state index contributed by atoms with van der Waals surface area (Å²) in [4.78, 5) is 46.1. The van der Waals surface area contributed by atoms with Crippen molar-refractivity contribution in [2.45, 2.75) is 240 Å². The van der Waals surface area contributed by atoms with Crippen molar-refractivity contribution in [2.75, 3.05) is 39.6 Å². The van der Waals surface area contributed by atoms with Crippen molar-refractivity contribution in [3.63, 3.8) is 0 Å². The minimum Gasteiger partial charge on any atom is -0.463 e. The lowest BCUT2D eigenvalue weighted by atomic mass is 9.86. The van der Waals surface area contributed by atoms with Gasteiger partial charge in [-0.15, -0.1) is 49.0 Å². The van der Waals surface area contributed by atoms with Crippen LogP contribution in [0.2, 0.25) is 0 Å². The second kappa shape index (κ2) is 52.6. The Morgan fingerprint density at radius 1 is 0.256 bits per heavy atom. The molecule has 0 fully saturated rings. The van der Waals surface area contributed by atoms with Crippen LogP contribution in [0, 0.1) is 107 Å². The first-order valence-corrected chi connectivity index (χ1v) is 44.4. The molecule has 0 amide bonds. The van der Waals surface area contributed by atoms with E-state index in [2.05, 4.69) is 232 Å². The van der Waals surface area contributed by atoms with E-state index in [4.69, 9.17) is 73.3 Å². The van der Waals surface area contributed by atoms with Gasteiger partial charge in [-0.05, 0) is 286 Å². The average Bonchev–Trinajstić information content (AvgIpc) is 1.36. The van der Waals surface area contributed by atoms with Gasteiger partial charge in [-0.3, -0.25) is 0 Å². The van der Waals surface area contributed by atoms with E-state index in [1.807, 2.05) is 52.5 Å². The second-order valence-corrected chi connectivity index (χ2v) is 34.8. The van der Waals surface area contributed by atoms with Crippen LogP contribution in [-0.4, -0.2) is 84.5 Å². The van der Waals surface area contributed by atoms with Gasteiger partial charge in [0.15, 0.2) is 0 Å². The number of thiophene rings is 3. The molecule has 7 aromatic rings. The van der Waals surface area contributed by atoms with E-state index >= 15 is 0 Å². The zero-order valence-electron chi connectivity index (χ0n) is 72.8. The van der Waals surface area contributed by atoms with Crippen LogP contribution in [0.5, 0.6) is 36.1 Å². The number of hydrogen-bond acceptors (Lipinski definition) is 18. The smallest absolute Gasteiger partial charge is 0.323 e. The van der Waals surface area contributed by atoms with E-state index in [0.29, 0.717) is 109 Å². The summed E-state index contributed by atoms with van der Waals surface area (Å²) in [5.74, 6) is 44.5. The maximum Gasteiger partial charge on any atom is 0.323 e. The second-order valence-electron chi connectivity index (χ2n) is 32.0. The van der Waals surface area contributed by atoms with Crippen LogP contribution in [0.3, 0.4) is 0 Å². The summed E-state index contributed by atoms with van der Waals surface area (Å²) in [5, 5.41) is 5.97. The van der Waals surface area contributed by atoms with Crippen LogP contribution < -0.4 is 28.4 Å². The highest BCUT2D eigenvalue weighted by Crippen LogP contribution is 2.30. The first kappa shape index (κ1) is 94.1. The third-order valence-electron chi connectivity index (χ3n) is 19.0. The van der Waals surface area contributed by atoms with Crippen LogP contribution in [-0.2, 0) is 0 Å². The minimum atomic E-state index is 0.0871. The van der Waals surface area contributed by atoms with Gasteiger partial charge in [0.1, 0.15) is 0 Å². The van der Waals surface area contributed by atoms with Gasteiger partial charge in [-0.1, -0.05) is 183 Å². The Morgan fingerprint density at radius 2 is 0.436 bits per heavy atom. The maximum atomic E-state index is 6.45. The van der Waals surface area contributed by atoms with Crippen LogP contribution >= 0.6 is 34.0 Å². The standard InChI is InChI=1S/C99H123N9O6S3/c1-70(2)28-19-34-76(13)55-61-109-94-100-91(101-95(106-94)110-62-56-77(14)35-20-29-71(3)4)52-49-88-85(46-43-82-40-25-67-115-82)89(50-53-92-102-96(111-63-57-78(15)36-21-30-72(5)6)107-97(103-92)112-64-58-79(16)37-22-31-73(7)8)87(48-45-84-42-27-69-117-84)90(86(88)47-44-83-41-26-68-116-83)51-54-93-104-98(113-65-59-80(17)38-23-32-74(9)10)108-99(105-93)114-66-60-81(18)39-24-33-75(11)12/h25-33,40-42,67-69,76-81H,19-24,34-39,55-66H2,1-18H3. The molecule has 0 aliphatic rings. The molecule has 18 heteroatoms. The van der Waals surface area contributed by atoms with Gasteiger partial charge >= 0.3 is 36.1 Å². The van der Waals surface area contributed by atoms with Gasteiger partial charge in [0.2, 0.25) is 17.5 Å². The molecule has 6 aromatic heterocycles. The fraction of sp³-hybridized carbons (Fsp3) is 0.485. The number of hydrogen-bond donors (Lipinski definition) is 0. The van der Waals surface area contributed by atoms with Crippen LogP contribution in [0.1, 0.15) is 306 Å². The fourth-order valence-corrected chi connectivity index (χ4v) is 13.5. The highest BCUT2D eigenvalue weighted by atomic mass is 32.1. The number of allylic oxidation sites excluding steroid dienone is 12. The summed E-state index contributed by atoms with van der Waals surface area (Å²) in [5.41, 5.74) is 9.99. The molecule has 117 heavy (non-hydrogen) atoms. The van der Waals surface area contributed by atoms with Crippen molar-refractivity contribution in [1.82, 2.24) is 44.9 Å². The van der Waals surface area contributed by atoms with Gasteiger partial charge in [0, 0.05) is 0 Å². The topological polar surface area (TPSA) is 171 Å². The monoisotopic (exact) mass is 1630 g/mol. The summed E-state index contributed by atoms with van der Waals surface area (Å²) in [6.45, 7) is 41.1. The molecule has 0 saturated heterocycles. The summed E-state index contributed by atoms with van der Waals surface area (Å²) >= 11 is 4.51. The third-order valence-corrected chi connectivity index (χ3v) is 21.4. The van der Waals surface area contributed by atoms with E-state index in [-0.39, 0.29) is 53.5 Å². The molecule has 618 valence electrons. The molecule has 0 aliphatic heterocycles. The molecular weight excluding hydrogens is 1510 g/mol. The van der Waals surface area contributed by atoms with Gasteiger partial charge in [-0.2, -0.15) is 29.9 Å². The molecule has 0 bridgehead atoms. The zero-order chi connectivity index (χ0) is 84.1. The van der Waals surface area contributed by atoms with E-state index in [1.54, 1.807) is 0 Å². The number of rotatable bonds is 42. The molecule has 6 heterocycles. The molecule has 15 nitrogen and oxygen atoms in total. The Balaban J connectivity index is 1.56. The Bertz CT molecular complexity index is 4200. The quantitative estimate of drug-likeness (QED) is 0.0261. The Morgan fingerprint density at radius 3 is 0.598 bits per heavy atom. The number of nitrogens with zero attached hydrogens (tertiary/aromatic N) is 9. The normalized spacial score (nSPS) is 12.1. The molecule has 7 rings (SSSR count). The predicted octanol–water partition coefficient (Wildman–Crippen LogP) is 23.7. The average molecular weight is 1630 g/mol. The summed E-state index contributed by atoms with van der Waals surface area (Å²) in [7, 11) is 0. The Labute approximate surface area is 712 Å². The van der Waals surface area contributed by atoms with Crippen LogP contribution in [0.4, 0.5) is 0 Å². The molecule has 0 radical (unpaired) electrons. The molecule has 0 N–H and O–H groups in total. The Hall–Kier alpha value is -10.1. The lowest BCUT2D eigenvalue weighted by Gasteiger charge is -2.13. The van der Waals surface area contributed by atoms with Gasteiger partial charge in [-0.25, -0.2) is 0 Å². The van der Waals surface area contributed by atoms with Crippen molar-refractivity contribution >= 4 is 34.0 Å². The van der Waals surface area contributed by atoms with Crippen molar-refractivity contribution in [2.24, 2.45) is 35.5 Å². The molecule has 0 saturated carbocycles. The Kier molecular flexibility index (Phi) is 42.3. The summed E-state index contributed by atoms with van der Waals surface area (Å²) in [6, 6.07) is 12.3. The molecule has 1 aromatic carbocycles. The predicted molar refractivity (Wildman–Crippen MR) is 482 cm³/mol.